The number of thiazole rings is 1. The van der Waals surface area contributed by atoms with Crippen LogP contribution in [0.2, 0.25) is 0 Å². The van der Waals surface area contributed by atoms with E-state index >= 15 is 0 Å². The Balaban J connectivity index is 1.59. The van der Waals surface area contributed by atoms with Crippen molar-refractivity contribution in [3.05, 3.63) is 65.2 Å². The van der Waals surface area contributed by atoms with Crippen molar-refractivity contribution in [1.29, 1.82) is 0 Å². The molecule has 2 aromatic heterocycles. The maximum absolute atomic E-state index is 5.93. The molecular weight excluding hydrogens is 318 g/mol. The zero-order valence-corrected chi connectivity index (χ0v) is 14.3. The van der Waals surface area contributed by atoms with E-state index < -0.39 is 0 Å². The van der Waals surface area contributed by atoms with Crippen LogP contribution in [0.1, 0.15) is 29.8 Å². The number of nitrogen functional groups attached to an aromatic ring is 1. The van der Waals surface area contributed by atoms with E-state index in [1.165, 1.54) is 22.6 Å². The molecule has 1 fully saturated rings. The highest BCUT2D eigenvalue weighted by atomic mass is 32.1. The van der Waals surface area contributed by atoms with E-state index in [-0.39, 0.29) is 5.41 Å². The third kappa shape index (κ3) is 2.83. The molecular formula is C18H21N5S. The topological polar surface area (TPSA) is 70.8 Å². The number of H-pyrrole nitrogens is 1. The number of rotatable bonds is 4. The largest absolute Gasteiger partial charge is 0.375 e. The smallest absolute Gasteiger partial charge is 0.180 e. The summed E-state index contributed by atoms with van der Waals surface area (Å²) in [6, 6.07) is 10.7. The lowest BCUT2D eigenvalue weighted by Crippen LogP contribution is -2.43. The number of hydrogen-bond donors (Lipinski definition) is 2. The molecule has 0 saturated carbocycles. The Morgan fingerprint density at radius 2 is 2.00 bits per heavy atom. The number of imidazole rings is 1. The fraction of sp³-hybridized carbons (Fsp3) is 0.333. The number of nitrogens with two attached hydrogens (primary N) is 1. The molecule has 1 aliphatic rings. The van der Waals surface area contributed by atoms with Crippen LogP contribution < -0.4 is 5.73 Å². The van der Waals surface area contributed by atoms with E-state index in [4.69, 9.17) is 5.73 Å². The van der Waals surface area contributed by atoms with Crippen molar-refractivity contribution in [3.63, 3.8) is 0 Å². The summed E-state index contributed by atoms with van der Waals surface area (Å²) in [4.78, 5) is 14.4. The Hall–Kier alpha value is -2.18. The minimum Gasteiger partial charge on any atom is -0.375 e. The summed E-state index contributed by atoms with van der Waals surface area (Å²) >= 11 is 1.54. The first-order chi connectivity index (χ1) is 11.8. The lowest BCUT2D eigenvalue weighted by atomic mass is 9.70. The van der Waals surface area contributed by atoms with Crippen LogP contribution in [0.3, 0.4) is 0 Å². The van der Waals surface area contributed by atoms with Gasteiger partial charge < -0.3 is 10.7 Å². The number of piperidine rings is 1. The minimum atomic E-state index is -0.0279. The van der Waals surface area contributed by atoms with Gasteiger partial charge in [-0.25, -0.2) is 9.97 Å². The van der Waals surface area contributed by atoms with Gasteiger partial charge in [-0.1, -0.05) is 30.3 Å². The highest BCUT2D eigenvalue weighted by Crippen LogP contribution is 2.42. The summed E-state index contributed by atoms with van der Waals surface area (Å²) in [5.41, 5.74) is 9.53. The molecule has 1 saturated heterocycles. The van der Waals surface area contributed by atoms with Gasteiger partial charge in [-0.2, -0.15) is 0 Å². The molecule has 0 radical (unpaired) electrons. The van der Waals surface area contributed by atoms with Gasteiger partial charge in [0.05, 0.1) is 12.0 Å². The van der Waals surface area contributed by atoms with Gasteiger partial charge in [-0.15, -0.1) is 11.3 Å². The van der Waals surface area contributed by atoms with Gasteiger partial charge in [0.2, 0.25) is 0 Å². The highest BCUT2D eigenvalue weighted by Gasteiger charge is 2.39. The van der Waals surface area contributed by atoms with E-state index in [1.807, 2.05) is 6.20 Å². The number of hydrogen-bond acceptors (Lipinski definition) is 5. The normalized spacial score (nSPS) is 17.8. The molecule has 4 rings (SSSR count). The van der Waals surface area contributed by atoms with Gasteiger partial charge in [0, 0.05) is 29.2 Å². The zero-order chi connectivity index (χ0) is 16.4. The lowest BCUT2D eigenvalue weighted by Gasteiger charge is -2.41. The van der Waals surface area contributed by atoms with Gasteiger partial charge in [0.15, 0.2) is 5.13 Å². The lowest BCUT2D eigenvalue weighted by molar-refractivity contribution is 0.169. The molecule has 0 bridgehead atoms. The Morgan fingerprint density at radius 3 is 2.62 bits per heavy atom. The van der Waals surface area contributed by atoms with Gasteiger partial charge in [-0.3, -0.25) is 4.90 Å². The summed E-state index contributed by atoms with van der Waals surface area (Å²) < 4.78 is 0. The maximum Gasteiger partial charge on any atom is 0.180 e. The van der Waals surface area contributed by atoms with Crippen molar-refractivity contribution < 1.29 is 0 Å². The summed E-state index contributed by atoms with van der Waals surface area (Å²) in [5.74, 6) is 0. The molecule has 3 heterocycles. The fourth-order valence-corrected chi connectivity index (χ4v) is 4.32. The van der Waals surface area contributed by atoms with Crippen LogP contribution in [-0.4, -0.2) is 32.9 Å². The quantitative estimate of drug-likeness (QED) is 0.766. The van der Waals surface area contributed by atoms with Gasteiger partial charge in [-0.05, 0) is 31.5 Å². The number of likely N-dealkylation sites (tertiary alicyclic amines) is 1. The van der Waals surface area contributed by atoms with E-state index in [1.54, 1.807) is 6.33 Å². The van der Waals surface area contributed by atoms with E-state index in [2.05, 4.69) is 55.6 Å². The van der Waals surface area contributed by atoms with Crippen LogP contribution in [0.4, 0.5) is 5.13 Å². The van der Waals surface area contributed by atoms with Gasteiger partial charge in [0.25, 0.3) is 0 Å². The third-order valence-corrected chi connectivity index (χ3v) is 5.67. The summed E-state index contributed by atoms with van der Waals surface area (Å²) in [6.45, 7) is 2.99. The number of nitrogens with one attached hydrogen (secondary N) is 1. The predicted molar refractivity (Wildman–Crippen MR) is 96.8 cm³/mol. The van der Waals surface area contributed by atoms with Crippen molar-refractivity contribution in [2.75, 3.05) is 18.8 Å². The second-order valence-corrected chi connectivity index (χ2v) is 7.26. The van der Waals surface area contributed by atoms with Crippen LogP contribution in [0.25, 0.3) is 0 Å². The van der Waals surface area contributed by atoms with Crippen LogP contribution in [-0.2, 0) is 12.0 Å². The van der Waals surface area contributed by atoms with Crippen molar-refractivity contribution in [2.24, 2.45) is 0 Å². The van der Waals surface area contributed by atoms with E-state index in [9.17, 15) is 0 Å². The first kappa shape index (κ1) is 15.4. The molecule has 24 heavy (non-hydrogen) atoms. The van der Waals surface area contributed by atoms with Crippen molar-refractivity contribution >= 4 is 16.5 Å². The fourth-order valence-electron chi connectivity index (χ4n) is 3.66. The third-order valence-electron chi connectivity index (χ3n) is 5.00. The second kappa shape index (κ2) is 6.37. The second-order valence-electron chi connectivity index (χ2n) is 6.37. The number of aromatic nitrogens is 3. The monoisotopic (exact) mass is 339 g/mol. The first-order valence-corrected chi connectivity index (χ1v) is 9.11. The average molecular weight is 339 g/mol. The molecule has 0 aliphatic carbocycles. The highest BCUT2D eigenvalue weighted by molar-refractivity contribution is 7.13. The Kier molecular flexibility index (Phi) is 4.08. The molecule has 0 spiro atoms. The molecule has 6 heteroatoms. The zero-order valence-electron chi connectivity index (χ0n) is 13.5. The SMILES string of the molecule is Nc1nc(C2(c3ccccc3)CCN(Cc3cnc[nH]3)CC2)cs1. The predicted octanol–water partition coefficient (Wildman–Crippen LogP) is 3.03. The average Bonchev–Trinajstić information content (AvgIpc) is 3.29. The molecule has 0 unspecified atom stereocenters. The maximum atomic E-state index is 5.93. The van der Waals surface area contributed by atoms with Crippen LogP contribution in [0.15, 0.2) is 48.2 Å². The number of anilines is 1. The molecule has 3 aromatic rings. The minimum absolute atomic E-state index is 0.0279. The standard InChI is InChI=1S/C18H21N5S/c19-17-22-16(12-24-17)18(14-4-2-1-3-5-14)6-8-23(9-7-18)11-15-10-20-13-21-15/h1-5,10,12-13H,6-9,11H2,(H2,19,22)(H,20,21). The Labute approximate surface area is 145 Å². The number of aromatic amines is 1. The summed E-state index contributed by atoms with van der Waals surface area (Å²) in [5, 5.41) is 2.78. The van der Waals surface area contributed by atoms with Gasteiger partial charge in [0.1, 0.15) is 0 Å². The molecule has 0 atom stereocenters. The van der Waals surface area contributed by atoms with E-state index in [0.717, 1.165) is 38.2 Å². The van der Waals surface area contributed by atoms with E-state index in [0.29, 0.717) is 5.13 Å². The molecule has 5 nitrogen and oxygen atoms in total. The Bertz CT molecular complexity index is 773. The van der Waals surface area contributed by atoms with Gasteiger partial charge >= 0.3 is 0 Å². The van der Waals surface area contributed by atoms with Crippen molar-refractivity contribution in [1.82, 2.24) is 19.9 Å². The summed E-state index contributed by atoms with van der Waals surface area (Å²) in [7, 11) is 0. The first-order valence-electron chi connectivity index (χ1n) is 8.23. The molecule has 1 aromatic carbocycles. The van der Waals surface area contributed by atoms with Crippen LogP contribution in [0, 0.1) is 0 Å². The molecule has 124 valence electrons. The van der Waals surface area contributed by atoms with Crippen molar-refractivity contribution in [2.45, 2.75) is 24.8 Å². The molecule has 0 amide bonds. The molecule has 3 N–H and O–H groups in total. The van der Waals surface area contributed by atoms with Crippen LogP contribution >= 0.6 is 11.3 Å². The van der Waals surface area contributed by atoms with Crippen LogP contribution in [0.5, 0.6) is 0 Å². The Morgan fingerprint density at radius 1 is 1.21 bits per heavy atom. The van der Waals surface area contributed by atoms with Crippen molar-refractivity contribution in [3.8, 4) is 0 Å². The molecule has 1 aliphatic heterocycles. The number of nitrogens with zero attached hydrogens (tertiary/aromatic N) is 3. The summed E-state index contributed by atoms with van der Waals surface area (Å²) in [6.07, 6.45) is 5.74. The number of benzene rings is 1.